The summed E-state index contributed by atoms with van der Waals surface area (Å²) in [6.07, 6.45) is 0. The van der Waals surface area contributed by atoms with Crippen LogP contribution in [-0.2, 0) is 19.2 Å². The lowest BCUT2D eigenvalue weighted by Gasteiger charge is -2.53. The van der Waals surface area contributed by atoms with Crippen LogP contribution < -0.4 is 10.1 Å². The highest BCUT2D eigenvalue weighted by molar-refractivity contribution is 8.00. The fraction of sp³-hybridized carbons (Fsp3) is 0.400. The number of rotatable bonds is 6. The van der Waals surface area contributed by atoms with Crippen molar-refractivity contribution >= 4 is 57.4 Å². The first-order chi connectivity index (χ1) is 14.8. The van der Waals surface area contributed by atoms with Crippen LogP contribution in [0.2, 0.25) is 0 Å². The van der Waals surface area contributed by atoms with Gasteiger partial charge in [0, 0.05) is 23.1 Å². The van der Waals surface area contributed by atoms with E-state index in [1.165, 1.54) is 35.1 Å². The molecule has 0 bridgehead atoms. The normalized spacial score (nSPS) is 25.6. The summed E-state index contributed by atoms with van der Waals surface area (Å²) in [4.78, 5) is 44.2. The zero-order valence-corrected chi connectivity index (χ0v) is 18.7. The van der Waals surface area contributed by atoms with Crippen molar-refractivity contribution in [2.24, 2.45) is 10.6 Å². The second kappa shape index (κ2) is 8.04. The van der Waals surface area contributed by atoms with E-state index in [4.69, 9.17) is 9.57 Å². The van der Waals surface area contributed by atoms with E-state index < -0.39 is 23.3 Å². The molecule has 1 aromatic heterocycles. The highest BCUT2D eigenvalue weighted by Crippen LogP contribution is 2.42. The van der Waals surface area contributed by atoms with Gasteiger partial charge in [-0.15, -0.1) is 11.8 Å². The number of aliphatic carboxylic acids is 1. The highest BCUT2D eigenvalue weighted by atomic mass is 32.2. The SMILES string of the molecule is CON=C(C(=O)NC1C(=O)N2CC(C)(C(=O)O)CS[C@H]12)c1sc(OC)c2ccccc12. The van der Waals surface area contributed by atoms with E-state index in [-0.39, 0.29) is 23.5 Å². The number of amides is 2. The molecule has 3 atom stereocenters. The van der Waals surface area contributed by atoms with Crippen molar-refractivity contribution < 1.29 is 29.1 Å². The number of carbonyl (C=O) groups is 3. The van der Waals surface area contributed by atoms with Crippen LogP contribution in [0.5, 0.6) is 5.06 Å². The second-order valence-corrected chi connectivity index (χ2v) is 9.66. The first kappa shape index (κ1) is 21.4. The van der Waals surface area contributed by atoms with E-state index in [0.717, 1.165) is 10.8 Å². The molecule has 0 spiro atoms. The minimum absolute atomic E-state index is 0.0504. The minimum Gasteiger partial charge on any atom is -0.487 e. The summed E-state index contributed by atoms with van der Waals surface area (Å²) in [6.45, 7) is 1.74. The van der Waals surface area contributed by atoms with Gasteiger partial charge in [0.05, 0.1) is 17.4 Å². The number of carboxylic acids is 1. The molecule has 2 saturated heterocycles. The second-order valence-electron chi connectivity index (χ2n) is 7.58. The van der Waals surface area contributed by atoms with Gasteiger partial charge >= 0.3 is 5.97 Å². The standard InChI is InChI=1S/C20H21N3O6S2/c1-20(19(26)27)8-23-16(25)13(17(23)30-9-20)21-15(24)12(22-29-3)14-10-6-4-5-7-11(10)18(28-2)31-14/h4-7,13,17H,8-9H2,1-3H3,(H,21,24)(H,26,27)/t13?,17-,20?/m1/s1. The van der Waals surface area contributed by atoms with Crippen molar-refractivity contribution in [3.05, 3.63) is 29.1 Å². The number of carboxylic acid groups (broad SMARTS) is 1. The Morgan fingerprint density at radius 2 is 2.00 bits per heavy atom. The molecule has 2 aliphatic heterocycles. The number of nitrogens with one attached hydrogen (secondary N) is 1. The minimum atomic E-state index is -0.999. The van der Waals surface area contributed by atoms with Crippen molar-refractivity contribution in [3.8, 4) is 5.06 Å². The van der Waals surface area contributed by atoms with E-state index in [0.29, 0.717) is 15.7 Å². The third kappa shape index (κ3) is 3.51. The number of hydrogen-bond donors (Lipinski definition) is 2. The van der Waals surface area contributed by atoms with Gasteiger partial charge in [-0.3, -0.25) is 14.4 Å². The van der Waals surface area contributed by atoms with Crippen molar-refractivity contribution in [2.45, 2.75) is 18.3 Å². The van der Waals surface area contributed by atoms with Crippen LogP contribution in [0.3, 0.4) is 0 Å². The van der Waals surface area contributed by atoms with Gasteiger partial charge in [0.1, 0.15) is 18.5 Å². The fourth-order valence-electron chi connectivity index (χ4n) is 3.71. The molecule has 11 heteroatoms. The van der Waals surface area contributed by atoms with Crippen molar-refractivity contribution in [1.29, 1.82) is 0 Å². The van der Waals surface area contributed by atoms with E-state index in [1.807, 2.05) is 24.3 Å². The number of methoxy groups -OCH3 is 1. The molecule has 2 amide bonds. The maximum absolute atomic E-state index is 13.1. The number of benzene rings is 1. The Morgan fingerprint density at radius 3 is 2.65 bits per heavy atom. The number of β-lactam (4-membered cyclic amide) rings is 1. The van der Waals surface area contributed by atoms with Crippen LogP contribution in [0.1, 0.15) is 11.8 Å². The first-order valence-corrected chi connectivity index (χ1v) is 11.3. The van der Waals surface area contributed by atoms with Crippen LogP contribution in [-0.4, -0.2) is 71.4 Å². The number of fused-ring (bicyclic) bond motifs is 2. The third-order valence-electron chi connectivity index (χ3n) is 5.42. The molecule has 0 radical (unpaired) electrons. The molecule has 2 aromatic rings. The predicted octanol–water partition coefficient (Wildman–Crippen LogP) is 1.75. The predicted molar refractivity (Wildman–Crippen MR) is 118 cm³/mol. The van der Waals surface area contributed by atoms with Crippen molar-refractivity contribution in [1.82, 2.24) is 10.2 Å². The Kier molecular flexibility index (Phi) is 5.56. The van der Waals surface area contributed by atoms with Gasteiger partial charge < -0.3 is 24.9 Å². The molecule has 1 aromatic carbocycles. The van der Waals surface area contributed by atoms with Gasteiger partial charge in [-0.1, -0.05) is 34.7 Å². The number of nitrogens with zero attached hydrogens (tertiary/aromatic N) is 2. The summed E-state index contributed by atoms with van der Waals surface area (Å²) < 4.78 is 5.44. The highest BCUT2D eigenvalue weighted by Gasteiger charge is 2.56. The van der Waals surface area contributed by atoms with Crippen LogP contribution >= 0.6 is 23.1 Å². The molecule has 9 nitrogen and oxygen atoms in total. The molecule has 2 N–H and O–H groups in total. The average molecular weight is 464 g/mol. The summed E-state index contributed by atoms with van der Waals surface area (Å²) >= 11 is 2.62. The van der Waals surface area contributed by atoms with E-state index >= 15 is 0 Å². The number of hydrogen-bond acceptors (Lipinski definition) is 8. The Balaban J connectivity index is 1.56. The summed E-state index contributed by atoms with van der Waals surface area (Å²) in [6, 6.07) is 6.74. The molecule has 31 heavy (non-hydrogen) atoms. The molecule has 3 heterocycles. The van der Waals surface area contributed by atoms with Crippen molar-refractivity contribution in [2.75, 3.05) is 26.5 Å². The molecule has 2 unspecified atom stereocenters. The Bertz CT molecular complexity index is 1100. The smallest absolute Gasteiger partial charge is 0.312 e. The average Bonchev–Trinajstić information content (AvgIpc) is 3.14. The maximum Gasteiger partial charge on any atom is 0.312 e. The summed E-state index contributed by atoms with van der Waals surface area (Å²) in [5.74, 6) is -1.42. The van der Waals surface area contributed by atoms with Gasteiger partial charge in [0.2, 0.25) is 5.91 Å². The lowest BCUT2D eigenvalue weighted by molar-refractivity contribution is -0.157. The van der Waals surface area contributed by atoms with E-state index in [9.17, 15) is 19.5 Å². The van der Waals surface area contributed by atoms with Crippen LogP contribution in [0, 0.1) is 5.41 Å². The van der Waals surface area contributed by atoms with Gasteiger partial charge in [-0.25, -0.2) is 0 Å². The van der Waals surface area contributed by atoms with Crippen LogP contribution in [0.15, 0.2) is 29.4 Å². The van der Waals surface area contributed by atoms with Crippen LogP contribution in [0.4, 0.5) is 0 Å². The lowest BCUT2D eigenvalue weighted by atomic mass is 9.89. The largest absolute Gasteiger partial charge is 0.487 e. The lowest BCUT2D eigenvalue weighted by Crippen LogP contribution is -2.73. The third-order valence-corrected chi connectivity index (χ3v) is 8.28. The van der Waals surface area contributed by atoms with E-state index in [1.54, 1.807) is 14.0 Å². The topological polar surface area (TPSA) is 118 Å². The molecule has 2 aliphatic rings. The molecular formula is C20H21N3O6S2. The number of ether oxygens (including phenoxy) is 1. The Labute approximate surface area is 186 Å². The zero-order valence-electron chi connectivity index (χ0n) is 17.1. The zero-order chi connectivity index (χ0) is 22.3. The van der Waals surface area contributed by atoms with Gasteiger partial charge in [-0.2, -0.15) is 0 Å². The van der Waals surface area contributed by atoms with Gasteiger partial charge in [0.15, 0.2) is 10.8 Å². The van der Waals surface area contributed by atoms with Crippen molar-refractivity contribution in [3.63, 3.8) is 0 Å². The summed E-state index contributed by atoms with van der Waals surface area (Å²) in [7, 11) is 2.91. The monoisotopic (exact) mass is 463 g/mol. The molecule has 4 rings (SSSR count). The molecule has 2 fully saturated rings. The molecule has 164 valence electrons. The van der Waals surface area contributed by atoms with E-state index in [2.05, 4.69) is 10.5 Å². The number of carbonyl (C=O) groups excluding carboxylic acids is 2. The molecule has 0 saturated carbocycles. The number of oxime groups is 1. The molecule has 0 aliphatic carbocycles. The van der Waals surface area contributed by atoms with Gasteiger partial charge in [0.25, 0.3) is 5.91 Å². The summed E-state index contributed by atoms with van der Waals surface area (Å²) in [5.41, 5.74) is -0.949. The summed E-state index contributed by atoms with van der Waals surface area (Å²) in [5, 5.41) is 18.1. The maximum atomic E-state index is 13.1. The quantitative estimate of drug-likeness (QED) is 0.381. The molecular weight excluding hydrogens is 442 g/mol. The Morgan fingerprint density at radius 1 is 1.29 bits per heavy atom. The first-order valence-electron chi connectivity index (χ1n) is 9.44. The Hall–Kier alpha value is -2.79. The number of thiophene rings is 1. The van der Waals surface area contributed by atoms with Gasteiger partial charge in [-0.05, 0) is 13.0 Å². The van der Waals surface area contributed by atoms with Crippen LogP contribution in [0.25, 0.3) is 10.8 Å². The fourth-order valence-corrected chi connectivity index (χ4v) is 6.27. The number of thioether (sulfide) groups is 1.